The Hall–Kier alpha value is -2.37. The molecule has 0 bridgehead atoms. The normalized spacial score (nSPS) is 9.29. The largest absolute Gasteiger partial charge is 0.0893 e. The zero-order valence-electron chi connectivity index (χ0n) is 11.5. The molecule has 1 aromatic rings. The Morgan fingerprint density at radius 1 is 0.762 bits per heavy atom. The van der Waals surface area contributed by atoms with Crippen LogP contribution in [0.2, 0.25) is 0 Å². The molecular weight excluding hydrogens is 338 g/mol. The Bertz CT molecular complexity index is 576. The van der Waals surface area contributed by atoms with Gasteiger partial charge in [0.25, 0.3) is 0 Å². The predicted molar refractivity (Wildman–Crippen MR) is 82.2 cm³/mol. The maximum absolute atomic E-state index is 8.50. The van der Waals surface area contributed by atoms with Crippen LogP contribution in [0.1, 0.15) is 27.8 Å². The Morgan fingerprint density at radius 3 is 1.43 bits per heavy atom. The third-order valence-corrected chi connectivity index (χ3v) is 4.17. The fourth-order valence-electron chi connectivity index (χ4n) is 2.08. The lowest BCUT2D eigenvalue weighted by atomic mass is 9.93. The van der Waals surface area contributed by atoms with E-state index in [1.54, 1.807) is 0 Å². The second kappa shape index (κ2) is 8.04. The molecule has 9 nitrogen and oxygen atoms in total. The van der Waals surface area contributed by atoms with E-state index in [0.717, 1.165) is 32.3 Å². The molecule has 0 radical (unpaired) electrons. The van der Waals surface area contributed by atoms with Crippen molar-refractivity contribution in [2.75, 3.05) is 0 Å². The van der Waals surface area contributed by atoms with Crippen LogP contribution >= 0.6 is 15.9 Å². The summed E-state index contributed by atoms with van der Waals surface area (Å²) in [5, 5.41) is 10.8. The Labute approximate surface area is 129 Å². The van der Waals surface area contributed by atoms with E-state index in [2.05, 4.69) is 46.0 Å². The highest BCUT2D eigenvalue weighted by molar-refractivity contribution is 9.10. The Balaban J connectivity index is 3.58. The maximum atomic E-state index is 8.50. The summed E-state index contributed by atoms with van der Waals surface area (Å²) in [5.74, 6) is 0. The van der Waals surface area contributed by atoms with Crippen molar-refractivity contribution in [3.63, 3.8) is 0 Å². The van der Waals surface area contributed by atoms with E-state index in [9.17, 15) is 0 Å². The molecule has 0 heterocycles. The molecule has 0 saturated carbocycles. The summed E-state index contributed by atoms with van der Waals surface area (Å²) in [6, 6.07) is 0. The fraction of sp³-hybridized carbons (Fsp3) is 0.455. The van der Waals surface area contributed by atoms with Crippen molar-refractivity contribution in [1.29, 1.82) is 0 Å². The number of hydrogen-bond donors (Lipinski definition) is 0. The van der Waals surface area contributed by atoms with Crippen LogP contribution in [0, 0.1) is 13.8 Å². The van der Waals surface area contributed by atoms with Crippen LogP contribution in [0.3, 0.4) is 0 Å². The summed E-state index contributed by atoms with van der Waals surface area (Å²) in [6.45, 7) is 4.26. The van der Waals surface area contributed by atoms with Crippen molar-refractivity contribution in [1.82, 2.24) is 0 Å². The minimum atomic E-state index is 0.162. The standard InChI is InChI=1S/C11H12BrN9/c1-6-8(3-16-19-13)7(2)10(5-18-21-15)11(12)9(6)4-17-20-14/h3-5H2,1-2H3. The lowest BCUT2D eigenvalue weighted by Crippen LogP contribution is -2.04. The molecule has 0 aromatic heterocycles. The van der Waals surface area contributed by atoms with Crippen LogP contribution in [-0.4, -0.2) is 0 Å². The number of azide groups is 3. The van der Waals surface area contributed by atoms with Crippen molar-refractivity contribution < 1.29 is 0 Å². The second-order valence-corrected chi connectivity index (χ2v) is 4.96. The topological polar surface area (TPSA) is 146 Å². The fourth-order valence-corrected chi connectivity index (χ4v) is 2.92. The lowest BCUT2D eigenvalue weighted by molar-refractivity contribution is 0.919. The first-order valence-electron chi connectivity index (χ1n) is 5.90. The SMILES string of the molecule is Cc1c(CN=[N+]=[N-])c(C)c(CN=[N+]=[N-])c(Br)c1CN=[N+]=[N-]. The molecule has 0 fully saturated rings. The molecule has 0 unspecified atom stereocenters. The number of benzene rings is 1. The minimum Gasteiger partial charge on any atom is -0.0893 e. The van der Waals surface area contributed by atoms with Gasteiger partial charge in [-0.3, -0.25) is 0 Å². The minimum absolute atomic E-state index is 0.162. The molecule has 0 amide bonds. The average Bonchev–Trinajstić information content (AvgIpc) is 2.47. The highest BCUT2D eigenvalue weighted by Gasteiger charge is 2.16. The van der Waals surface area contributed by atoms with Gasteiger partial charge in [0.15, 0.2) is 0 Å². The van der Waals surface area contributed by atoms with E-state index in [-0.39, 0.29) is 19.6 Å². The highest BCUT2D eigenvalue weighted by Crippen LogP contribution is 2.33. The van der Waals surface area contributed by atoms with Gasteiger partial charge in [0, 0.05) is 19.2 Å². The third-order valence-electron chi connectivity index (χ3n) is 3.22. The summed E-state index contributed by atoms with van der Waals surface area (Å²) in [7, 11) is 0. The number of halogens is 1. The molecule has 108 valence electrons. The van der Waals surface area contributed by atoms with Gasteiger partial charge in [-0.25, -0.2) is 0 Å². The zero-order valence-corrected chi connectivity index (χ0v) is 13.1. The molecule has 1 rings (SSSR count). The van der Waals surface area contributed by atoms with Gasteiger partial charge in [0.2, 0.25) is 0 Å². The van der Waals surface area contributed by atoms with Crippen LogP contribution in [0.15, 0.2) is 19.8 Å². The lowest BCUT2D eigenvalue weighted by Gasteiger charge is -2.19. The summed E-state index contributed by atoms with van der Waals surface area (Å²) in [6.07, 6.45) is 0. The first-order valence-corrected chi connectivity index (χ1v) is 6.69. The van der Waals surface area contributed by atoms with Crippen molar-refractivity contribution in [2.45, 2.75) is 33.5 Å². The third kappa shape index (κ3) is 3.81. The van der Waals surface area contributed by atoms with Gasteiger partial charge < -0.3 is 0 Å². The molecule has 0 aliphatic rings. The summed E-state index contributed by atoms with van der Waals surface area (Å²) < 4.78 is 0.752. The first-order chi connectivity index (χ1) is 10.1. The second-order valence-electron chi connectivity index (χ2n) is 4.17. The van der Waals surface area contributed by atoms with Crippen LogP contribution < -0.4 is 0 Å². The van der Waals surface area contributed by atoms with Gasteiger partial charge in [-0.2, -0.15) is 0 Å². The van der Waals surface area contributed by atoms with Crippen molar-refractivity contribution in [2.24, 2.45) is 15.3 Å². The Kier molecular flexibility index (Phi) is 6.39. The van der Waals surface area contributed by atoms with E-state index in [1.807, 2.05) is 13.8 Å². The molecular formula is C11H12BrN9. The molecule has 21 heavy (non-hydrogen) atoms. The summed E-state index contributed by atoms with van der Waals surface area (Å²) in [4.78, 5) is 8.29. The first kappa shape index (κ1) is 16.7. The molecule has 0 aliphatic carbocycles. The average molecular weight is 350 g/mol. The van der Waals surface area contributed by atoms with Crippen molar-refractivity contribution in [3.8, 4) is 0 Å². The summed E-state index contributed by atoms with van der Waals surface area (Å²) >= 11 is 3.48. The maximum Gasteiger partial charge on any atom is 0.0524 e. The highest BCUT2D eigenvalue weighted by atomic mass is 79.9. The smallest absolute Gasteiger partial charge is 0.0524 e. The molecule has 0 atom stereocenters. The van der Waals surface area contributed by atoms with E-state index in [4.69, 9.17) is 16.6 Å². The monoisotopic (exact) mass is 349 g/mol. The zero-order chi connectivity index (χ0) is 15.8. The Morgan fingerprint density at radius 2 is 1.10 bits per heavy atom. The van der Waals surface area contributed by atoms with Crippen molar-refractivity contribution in [3.05, 3.63) is 63.6 Å². The van der Waals surface area contributed by atoms with Gasteiger partial charge in [0.05, 0.1) is 19.6 Å². The van der Waals surface area contributed by atoms with Gasteiger partial charge in [-0.1, -0.05) is 31.3 Å². The molecule has 0 saturated heterocycles. The predicted octanol–water partition coefficient (Wildman–Crippen LogP) is 5.50. The molecule has 0 aliphatic heterocycles. The van der Waals surface area contributed by atoms with Crippen LogP contribution in [0.25, 0.3) is 31.3 Å². The van der Waals surface area contributed by atoms with E-state index in [1.165, 1.54) is 0 Å². The van der Waals surface area contributed by atoms with Crippen molar-refractivity contribution >= 4 is 15.9 Å². The quantitative estimate of drug-likeness (QED) is 0.362. The number of hydrogen-bond acceptors (Lipinski definition) is 3. The number of nitrogens with zero attached hydrogens (tertiary/aromatic N) is 9. The van der Waals surface area contributed by atoms with Gasteiger partial charge in [-0.15, -0.1) is 0 Å². The molecule has 0 spiro atoms. The molecule has 1 aromatic carbocycles. The molecule has 10 heteroatoms. The number of rotatable bonds is 6. The van der Waals surface area contributed by atoms with Crippen LogP contribution in [-0.2, 0) is 19.6 Å². The van der Waals surface area contributed by atoms with E-state index in [0.29, 0.717) is 0 Å². The van der Waals surface area contributed by atoms with Crippen LogP contribution in [0.5, 0.6) is 0 Å². The van der Waals surface area contributed by atoms with Gasteiger partial charge in [-0.05, 0) is 58.3 Å². The summed E-state index contributed by atoms with van der Waals surface area (Å²) in [5.41, 5.74) is 29.7. The van der Waals surface area contributed by atoms with Gasteiger partial charge in [0.1, 0.15) is 0 Å². The van der Waals surface area contributed by atoms with E-state index < -0.39 is 0 Å². The van der Waals surface area contributed by atoms with Crippen LogP contribution in [0.4, 0.5) is 0 Å². The van der Waals surface area contributed by atoms with E-state index >= 15 is 0 Å². The molecule has 0 N–H and O–H groups in total. The van der Waals surface area contributed by atoms with Gasteiger partial charge >= 0.3 is 0 Å².